The first-order chi connectivity index (χ1) is 15.3. The third-order valence-corrected chi connectivity index (χ3v) is 7.15. The first-order valence-electron chi connectivity index (χ1n) is 10.6. The van der Waals surface area contributed by atoms with Gasteiger partial charge in [-0.3, -0.25) is 4.40 Å². The molecule has 170 valence electrons. The maximum atomic E-state index is 13.2. The lowest BCUT2D eigenvalue weighted by atomic mass is 9.73. The van der Waals surface area contributed by atoms with Crippen LogP contribution in [0.5, 0.6) is 0 Å². The number of nitrogens with zero attached hydrogens (tertiary/aromatic N) is 5. The number of piperidine rings is 2. The van der Waals surface area contributed by atoms with Gasteiger partial charge in [0, 0.05) is 37.1 Å². The molecule has 11 heteroatoms. The van der Waals surface area contributed by atoms with Crippen molar-refractivity contribution in [3.05, 3.63) is 42.4 Å². The minimum atomic E-state index is -3.25. The molecule has 0 spiro atoms. The first kappa shape index (κ1) is 21.2. The van der Waals surface area contributed by atoms with Gasteiger partial charge in [-0.2, -0.15) is 0 Å². The Labute approximate surface area is 184 Å². The second kappa shape index (κ2) is 8.04. The Morgan fingerprint density at radius 3 is 2.81 bits per heavy atom. The highest BCUT2D eigenvalue weighted by atomic mass is 32.2. The van der Waals surface area contributed by atoms with E-state index in [2.05, 4.69) is 19.6 Å². The summed E-state index contributed by atoms with van der Waals surface area (Å²) in [6.45, 7) is 1.28. The predicted molar refractivity (Wildman–Crippen MR) is 116 cm³/mol. The first-order valence-corrected chi connectivity index (χ1v) is 12.5. The molecule has 1 aliphatic carbocycles. The van der Waals surface area contributed by atoms with Crippen molar-refractivity contribution >= 4 is 21.5 Å². The molecular formula is C21H24F2N6O2S. The summed E-state index contributed by atoms with van der Waals surface area (Å²) in [5, 5.41) is 0. The van der Waals surface area contributed by atoms with Crippen LogP contribution in [0.25, 0.3) is 17.2 Å². The number of hydrogen-bond donors (Lipinski definition) is 1. The van der Waals surface area contributed by atoms with E-state index < -0.39 is 16.4 Å². The molecule has 1 saturated carbocycles. The monoisotopic (exact) mass is 462 g/mol. The quantitative estimate of drug-likeness (QED) is 0.606. The van der Waals surface area contributed by atoms with Crippen molar-refractivity contribution in [1.29, 1.82) is 0 Å². The van der Waals surface area contributed by atoms with E-state index in [1.807, 2.05) is 6.07 Å². The van der Waals surface area contributed by atoms with Crippen molar-refractivity contribution in [2.24, 2.45) is 11.8 Å². The van der Waals surface area contributed by atoms with Gasteiger partial charge in [0.25, 0.3) is 6.43 Å². The van der Waals surface area contributed by atoms with Gasteiger partial charge in [-0.1, -0.05) is 0 Å². The van der Waals surface area contributed by atoms with E-state index in [0.717, 1.165) is 31.6 Å². The molecule has 3 atom stereocenters. The van der Waals surface area contributed by atoms with Crippen molar-refractivity contribution < 1.29 is 17.2 Å². The summed E-state index contributed by atoms with van der Waals surface area (Å²) in [4.78, 5) is 15.7. The molecule has 1 N–H and O–H groups in total. The van der Waals surface area contributed by atoms with Crippen LogP contribution in [0.3, 0.4) is 0 Å². The molecule has 2 saturated heterocycles. The highest BCUT2D eigenvalue weighted by Gasteiger charge is 2.41. The average molecular weight is 463 g/mol. The number of sulfonamides is 1. The predicted octanol–water partition coefficient (Wildman–Crippen LogP) is 2.88. The average Bonchev–Trinajstić information content (AvgIpc) is 3.21. The lowest BCUT2D eigenvalue weighted by molar-refractivity contribution is 0.151. The summed E-state index contributed by atoms with van der Waals surface area (Å²) in [6, 6.07) is 4.95. The molecule has 0 aromatic carbocycles. The summed E-state index contributed by atoms with van der Waals surface area (Å²) < 4.78 is 53.8. The number of fused-ring (bicyclic) bond motifs is 4. The summed E-state index contributed by atoms with van der Waals surface area (Å²) in [5.41, 5.74) is 0.992. The van der Waals surface area contributed by atoms with Crippen molar-refractivity contribution in [1.82, 2.24) is 24.1 Å². The molecule has 3 aromatic heterocycles. The molecule has 3 unspecified atom stereocenters. The van der Waals surface area contributed by atoms with Crippen LogP contribution < -0.4 is 9.62 Å². The molecule has 5 heterocycles. The van der Waals surface area contributed by atoms with Crippen molar-refractivity contribution in [3.8, 4) is 11.5 Å². The SMILES string of the molecule is CS(=O)(=O)NCC1CC2CCC1N(c1ccnc(-c3cnc4ccc(C(F)F)cn34)n1)C2. The third kappa shape index (κ3) is 4.06. The van der Waals surface area contributed by atoms with Crippen LogP contribution in [0.2, 0.25) is 0 Å². The van der Waals surface area contributed by atoms with Gasteiger partial charge in [0.1, 0.15) is 17.2 Å². The lowest BCUT2D eigenvalue weighted by Gasteiger charge is -2.50. The number of alkyl halides is 2. The van der Waals surface area contributed by atoms with E-state index >= 15 is 0 Å². The molecule has 3 fully saturated rings. The van der Waals surface area contributed by atoms with Crippen molar-refractivity contribution in [3.63, 3.8) is 0 Å². The van der Waals surface area contributed by atoms with E-state index in [1.165, 1.54) is 18.5 Å². The molecule has 0 radical (unpaired) electrons. The Morgan fingerprint density at radius 2 is 2.06 bits per heavy atom. The zero-order valence-electron chi connectivity index (χ0n) is 17.5. The Kier molecular flexibility index (Phi) is 5.32. The summed E-state index contributed by atoms with van der Waals surface area (Å²) >= 11 is 0. The zero-order chi connectivity index (χ0) is 22.5. The van der Waals surface area contributed by atoms with Gasteiger partial charge in [0.2, 0.25) is 10.0 Å². The Morgan fingerprint density at radius 1 is 1.22 bits per heavy atom. The number of halogens is 2. The largest absolute Gasteiger partial charge is 0.353 e. The van der Waals surface area contributed by atoms with E-state index in [9.17, 15) is 17.2 Å². The molecule has 0 amide bonds. The van der Waals surface area contributed by atoms with Crippen molar-refractivity contribution in [2.75, 3.05) is 24.2 Å². The van der Waals surface area contributed by atoms with Gasteiger partial charge in [-0.25, -0.2) is 36.9 Å². The third-order valence-electron chi connectivity index (χ3n) is 6.46. The van der Waals surface area contributed by atoms with Gasteiger partial charge in [0.05, 0.1) is 12.5 Å². The Hall–Kier alpha value is -2.66. The lowest BCUT2D eigenvalue weighted by Crippen LogP contribution is -2.56. The molecule has 6 rings (SSSR count). The van der Waals surface area contributed by atoms with E-state index in [-0.39, 0.29) is 17.5 Å². The van der Waals surface area contributed by atoms with Crippen LogP contribution in [0.4, 0.5) is 14.6 Å². The number of hydrogen-bond acceptors (Lipinski definition) is 6. The zero-order valence-corrected chi connectivity index (χ0v) is 18.3. The maximum absolute atomic E-state index is 13.2. The Bertz CT molecular complexity index is 1250. The molecule has 3 aromatic rings. The van der Waals surface area contributed by atoms with Crippen LogP contribution in [-0.2, 0) is 10.0 Å². The smallest absolute Gasteiger partial charge is 0.265 e. The van der Waals surface area contributed by atoms with Gasteiger partial charge in [-0.15, -0.1) is 0 Å². The Balaban J connectivity index is 1.46. The normalized spacial score (nSPS) is 23.4. The van der Waals surface area contributed by atoms with Crippen LogP contribution in [-0.4, -0.2) is 53.2 Å². The molecule has 8 nitrogen and oxygen atoms in total. The molecular weight excluding hydrogens is 438 g/mol. The molecule has 32 heavy (non-hydrogen) atoms. The number of aromatic nitrogens is 4. The number of nitrogens with one attached hydrogen (secondary N) is 1. The fourth-order valence-electron chi connectivity index (χ4n) is 5.00. The highest BCUT2D eigenvalue weighted by Crippen LogP contribution is 2.41. The number of rotatable bonds is 6. The van der Waals surface area contributed by atoms with Gasteiger partial charge >= 0.3 is 0 Å². The number of pyridine rings is 1. The highest BCUT2D eigenvalue weighted by molar-refractivity contribution is 7.88. The second-order valence-electron chi connectivity index (χ2n) is 8.65. The number of anilines is 1. The molecule has 2 aliphatic heterocycles. The molecule has 3 aliphatic rings. The minimum absolute atomic E-state index is 0.0949. The van der Waals surface area contributed by atoms with Gasteiger partial charge < -0.3 is 4.90 Å². The number of imidazole rings is 1. The van der Waals surface area contributed by atoms with Crippen LogP contribution >= 0.6 is 0 Å². The minimum Gasteiger partial charge on any atom is -0.353 e. The summed E-state index contributed by atoms with van der Waals surface area (Å²) in [6.07, 6.45) is 6.32. The fraction of sp³-hybridized carbons (Fsp3) is 0.476. The fourth-order valence-corrected chi connectivity index (χ4v) is 5.52. The van der Waals surface area contributed by atoms with Crippen LogP contribution in [0.15, 0.2) is 36.8 Å². The second-order valence-corrected chi connectivity index (χ2v) is 10.5. The van der Waals surface area contributed by atoms with E-state index in [0.29, 0.717) is 29.6 Å². The molecule has 2 bridgehead atoms. The van der Waals surface area contributed by atoms with Crippen LogP contribution in [0.1, 0.15) is 31.3 Å². The van der Waals surface area contributed by atoms with Crippen molar-refractivity contribution in [2.45, 2.75) is 31.7 Å². The standard InChI is InChI=1S/C21H24F2N6O2S/c1-32(30,31)26-9-15-8-13-2-4-16(15)28(11-13)19-6-7-24-21(27-19)17-10-25-18-5-3-14(20(22)23)12-29(17)18/h3,5-7,10,12-13,15-16,20,26H,2,4,8-9,11H2,1H3. The van der Waals surface area contributed by atoms with E-state index in [4.69, 9.17) is 4.98 Å². The van der Waals surface area contributed by atoms with E-state index in [1.54, 1.807) is 22.9 Å². The van der Waals surface area contributed by atoms with Crippen LogP contribution in [0, 0.1) is 11.8 Å². The summed E-state index contributed by atoms with van der Waals surface area (Å²) in [7, 11) is -3.25. The van der Waals surface area contributed by atoms with Gasteiger partial charge in [0.15, 0.2) is 5.82 Å². The summed E-state index contributed by atoms with van der Waals surface area (Å²) in [5.74, 6) is 1.86. The maximum Gasteiger partial charge on any atom is 0.265 e. The topological polar surface area (TPSA) is 92.5 Å². The van der Waals surface area contributed by atoms with Gasteiger partial charge in [-0.05, 0) is 49.3 Å².